The summed E-state index contributed by atoms with van der Waals surface area (Å²) in [7, 11) is -3.38. The lowest BCUT2D eigenvalue weighted by Gasteiger charge is -2.24. The van der Waals surface area contributed by atoms with Gasteiger partial charge in [-0.25, -0.2) is 17.5 Å². The van der Waals surface area contributed by atoms with E-state index in [-0.39, 0.29) is 24.4 Å². The van der Waals surface area contributed by atoms with Gasteiger partial charge in [0.05, 0.1) is 6.61 Å². The van der Waals surface area contributed by atoms with Crippen LogP contribution in [0.15, 0.2) is 24.3 Å². The molecular weight excluding hydrogens is 293 g/mol. The van der Waals surface area contributed by atoms with Gasteiger partial charge in [0, 0.05) is 12.6 Å². The Morgan fingerprint density at radius 3 is 2.52 bits per heavy atom. The Hall–Kier alpha value is -0.980. The molecular formula is C15H22FNO3S. The molecule has 0 amide bonds. The lowest BCUT2D eigenvalue weighted by molar-refractivity contribution is 0.198. The minimum atomic E-state index is -3.38. The molecule has 1 aromatic rings. The van der Waals surface area contributed by atoms with E-state index >= 15 is 0 Å². The molecule has 1 heterocycles. The molecule has 0 spiro atoms. The molecule has 118 valence electrons. The van der Waals surface area contributed by atoms with E-state index in [9.17, 15) is 12.8 Å². The third-order valence-electron chi connectivity index (χ3n) is 3.82. The number of rotatable bonds is 6. The van der Waals surface area contributed by atoms with Gasteiger partial charge in [-0.15, -0.1) is 0 Å². The van der Waals surface area contributed by atoms with Gasteiger partial charge in [0.15, 0.2) is 0 Å². The molecule has 1 aliphatic heterocycles. The van der Waals surface area contributed by atoms with E-state index in [0.717, 1.165) is 5.56 Å². The van der Waals surface area contributed by atoms with Crippen molar-refractivity contribution in [2.75, 3.05) is 13.2 Å². The van der Waals surface area contributed by atoms with Crippen molar-refractivity contribution in [2.24, 2.45) is 5.92 Å². The molecule has 2 rings (SSSR count). The van der Waals surface area contributed by atoms with Crippen molar-refractivity contribution >= 4 is 10.0 Å². The van der Waals surface area contributed by atoms with Gasteiger partial charge in [0.1, 0.15) is 11.1 Å². The first-order valence-electron chi connectivity index (χ1n) is 7.22. The van der Waals surface area contributed by atoms with Crippen LogP contribution >= 0.6 is 0 Å². The van der Waals surface area contributed by atoms with E-state index in [4.69, 9.17) is 4.74 Å². The summed E-state index contributed by atoms with van der Waals surface area (Å²) in [6.07, 6.45) is 1.08. The van der Waals surface area contributed by atoms with Crippen LogP contribution in [0.2, 0.25) is 0 Å². The van der Waals surface area contributed by atoms with Gasteiger partial charge in [-0.2, -0.15) is 0 Å². The highest BCUT2D eigenvalue weighted by Gasteiger charge is 2.32. The Balaban J connectivity index is 2.06. The third kappa shape index (κ3) is 4.49. The third-order valence-corrected chi connectivity index (χ3v) is 5.70. The normalized spacial score (nSPS) is 20.9. The van der Waals surface area contributed by atoms with Crippen molar-refractivity contribution in [1.82, 2.24) is 4.72 Å². The van der Waals surface area contributed by atoms with Crippen LogP contribution < -0.4 is 4.72 Å². The van der Waals surface area contributed by atoms with Crippen LogP contribution in [0.4, 0.5) is 4.39 Å². The summed E-state index contributed by atoms with van der Waals surface area (Å²) in [6.45, 7) is 4.70. The summed E-state index contributed by atoms with van der Waals surface area (Å²) in [5, 5.41) is -0.466. The number of benzene rings is 1. The van der Waals surface area contributed by atoms with Crippen molar-refractivity contribution in [3.8, 4) is 0 Å². The van der Waals surface area contributed by atoms with Crippen molar-refractivity contribution in [2.45, 2.75) is 38.0 Å². The first-order chi connectivity index (χ1) is 9.88. The van der Waals surface area contributed by atoms with Crippen LogP contribution in [-0.2, 0) is 21.2 Å². The Bertz CT molecular complexity index is 551. The Morgan fingerprint density at radius 1 is 1.33 bits per heavy atom. The second kappa shape index (κ2) is 6.85. The molecule has 2 atom stereocenters. The van der Waals surface area contributed by atoms with Crippen molar-refractivity contribution in [3.05, 3.63) is 35.6 Å². The molecule has 2 unspecified atom stereocenters. The SMILES string of the molecule is CC(C)C(Cc1ccc(F)cc1)NS(=O)(=O)C1CCOC1. The summed E-state index contributed by atoms with van der Waals surface area (Å²) in [6, 6.07) is 5.97. The lowest BCUT2D eigenvalue weighted by Crippen LogP contribution is -2.44. The Morgan fingerprint density at radius 2 is 2.00 bits per heavy atom. The van der Waals surface area contributed by atoms with Gasteiger partial charge in [-0.05, 0) is 36.5 Å². The van der Waals surface area contributed by atoms with E-state index in [0.29, 0.717) is 19.4 Å². The molecule has 4 nitrogen and oxygen atoms in total. The second-order valence-electron chi connectivity index (χ2n) is 5.83. The average Bonchev–Trinajstić information content (AvgIpc) is 2.95. The number of nitrogens with one attached hydrogen (secondary N) is 1. The highest BCUT2D eigenvalue weighted by atomic mass is 32.2. The smallest absolute Gasteiger partial charge is 0.217 e. The second-order valence-corrected chi connectivity index (χ2v) is 7.82. The summed E-state index contributed by atoms with van der Waals surface area (Å²) < 4.78 is 45.6. The quantitative estimate of drug-likeness (QED) is 0.874. The first-order valence-corrected chi connectivity index (χ1v) is 8.76. The number of hydrogen-bond donors (Lipinski definition) is 1. The van der Waals surface area contributed by atoms with Crippen LogP contribution in [-0.4, -0.2) is 32.9 Å². The predicted molar refractivity (Wildman–Crippen MR) is 80.0 cm³/mol. The minimum Gasteiger partial charge on any atom is -0.380 e. The monoisotopic (exact) mass is 315 g/mol. The number of hydrogen-bond acceptors (Lipinski definition) is 3. The molecule has 1 aliphatic rings. The summed E-state index contributed by atoms with van der Waals surface area (Å²) in [4.78, 5) is 0. The Labute approximate surface area is 125 Å². The summed E-state index contributed by atoms with van der Waals surface area (Å²) in [5.74, 6) is -0.143. The molecule has 1 saturated heterocycles. The van der Waals surface area contributed by atoms with Gasteiger partial charge >= 0.3 is 0 Å². The molecule has 21 heavy (non-hydrogen) atoms. The highest BCUT2D eigenvalue weighted by molar-refractivity contribution is 7.90. The van der Waals surface area contributed by atoms with Crippen LogP contribution in [0.1, 0.15) is 25.8 Å². The van der Waals surface area contributed by atoms with Crippen LogP contribution in [0.25, 0.3) is 0 Å². The standard InChI is InChI=1S/C15H22FNO3S/c1-11(2)15(9-12-3-5-13(16)6-4-12)17-21(18,19)14-7-8-20-10-14/h3-6,11,14-15,17H,7-10H2,1-2H3. The van der Waals surface area contributed by atoms with Gasteiger partial charge in [-0.3, -0.25) is 0 Å². The molecule has 0 aliphatic carbocycles. The van der Waals surface area contributed by atoms with E-state index in [2.05, 4.69) is 4.72 Å². The fourth-order valence-electron chi connectivity index (χ4n) is 2.35. The fourth-order valence-corrected chi connectivity index (χ4v) is 4.00. The van der Waals surface area contributed by atoms with E-state index in [1.165, 1.54) is 12.1 Å². The maximum Gasteiger partial charge on any atom is 0.217 e. The highest BCUT2D eigenvalue weighted by Crippen LogP contribution is 2.17. The summed E-state index contributed by atoms with van der Waals surface area (Å²) in [5.41, 5.74) is 0.917. The van der Waals surface area contributed by atoms with Crippen molar-refractivity contribution in [1.29, 1.82) is 0 Å². The van der Waals surface area contributed by atoms with Crippen LogP contribution in [0.3, 0.4) is 0 Å². The maximum absolute atomic E-state index is 12.9. The van der Waals surface area contributed by atoms with Crippen LogP contribution in [0.5, 0.6) is 0 Å². The average molecular weight is 315 g/mol. The fraction of sp³-hybridized carbons (Fsp3) is 0.600. The largest absolute Gasteiger partial charge is 0.380 e. The van der Waals surface area contributed by atoms with Crippen LogP contribution in [0, 0.1) is 11.7 Å². The topological polar surface area (TPSA) is 55.4 Å². The first kappa shape index (κ1) is 16.4. The molecule has 6 heteroatoms. The molecule has 0 bridgehead atoms. The molecule has 1 aromatic carbocycles. The van der Waals surface area contributed by atoms with Gasteiger partial charge in [-0.1, -0.05) is 26.0 Å². The molecule has 1 N–H and O–H groups in total. The zero-order valence-corrected chi connectivity index (χ0v) is 13.2. The number of ether oxygens (including phenoxy) is 1. The van der Waals surface area contributed by atoms with E-state index in [1.807, 2.05) is 13.8 Å². The van der Waals surface area contributed by atoms with E-state index in [1.54, 1.807) is 12.1 Å². The molecule has 0 aromatic heterocycles. The minimum absolute atomic E-state index is 0.146. The molecule has 0 radical (unpaired) electrons. The number of halogens is 1. The van der Waals surface area contributed by atoms with Crippen molar-refractivity contribution < 1.29 is 17.5 Å². The zero-order chi connectivity index (χ0) is 15.5. The van der Waals surface area contributed by atoms with Crippen molar-refractivity contribution in [3.63, 3.8) is 0 Å². The predicted octanol–water partition coefficient (Wildman–Crippen LogP) is 2.10. The van der Waals surface area contributed by atoms with Gasteiger partial charge < -0.3 is 4.74 Å². The molecule has 0 saturated carbocycles. The lowest BCUT2D eigenvalue weighted by atomic mass is 9.97. The maximum atomic E-state index is 12.9. The zero-order valence-electron chi connectivity index (χ0n) is 12.4. The van der Waals surface area contributed by atoms with Gasteiger partial charge in [0.2, 0.25) is 10.0 Å². The Kier molecular flexibility index (Phi) is 5.35. The molecule has 1 fully saturated rings. The van der Waals surface area contributed by atoms with Gasteiger partial charge in [0.25, 0.3) is 0 Å². The van der Waals surface area contributed by atoms with E-state index < -0.39 is 15.3 Å². The number of sulfonamides is 1. The summed E-state index contributed by atoms with van der Waals surface area (Å²) >= 11 is 0.